The number of nitro groups is 1. The lowest BCUT2D eigenvalue weighted by molar-refractivity contribution is -0.384. The second kappa shape index (κ2) is 9.30. The van der Waals surface area contributed by atoms with E-state index in [-0.39, 0.29) is 41.8 Å². The van der Waals surface area contributed by atoms with Crippen LogP contribution in [0.2, 0.25) is 0 Å². The molecular formula is C22H25N3O6. The standard InChI is InChI=1S/C22H25N3O6/c26-21(23(13-19-6-2-10-30-19)14-20-7-3-11-31-20)15-24(17-8-9-17)22(27)16-4-1-5-18(12-16)25(28)29/h1-2,4-6,10,12,17,20H,3,7-9,11,13-15H2. The Morgan fingerprint density at radius 3 is 2.65 bits per heavy atom. The Kier molecular flexibility index (Phi) is 6.31. The third-order valence-electron chi connectivity index (χ3n) is 5.59. The number of ether oxygens (including phenoxy) is 1. The lowest BCUT2D eigenvalue weighted by Gasteiger charge is -2.29. The monoisotopic (exact) mass is 427 g/mol. The quantitative estimate of drug-likeness (QED) is 0.450. The average Bonchev–Trinajstić information content (AvgIpc) is 3.23. The van der Waals surface area contributed by atoms with Crippen molar-refractivity contribution in [3.63, 3.8) is 0 Å². The number of carbonyl (C=O) groups excluding carboxylic acids is 2. The van der Waals surface area contributed by atoms with E-state index >= 15 is 0 Å². The Morgan fingerprint density at radius 2 is 2.00 bits per heavy atom. The van der Waals surface area contributed by atoms with Gasteiger partial charge in [-0.25, -0.2) is 0 Å². The highest BCUT2D eigenvalue weighted by atomic mass is 16.6. The van der Waals surface area contributed by atoms with Gasteiger partial charge in [-0.2, -0.15) is 0 Å². The molecule has 0 radical (unpaired) electrons. The SMILES string of the molecule is O=C(CN(C(=O)c1cccc([N+](=O)[O-])c1)C1CC1)N(Cc1ccco1)CC1CCCO1. The summed E-state index contributed by atoms with van der Waals surface area (Å²) in [5.74, 6) is 0.0986. The maximum atomic E-state index is 13.2. The number of furan rings is 1. The molecule has 1 atom stereocenters. The van der Waals surface area contributed by atoms with Crippen molar-refractivity contribution in [3.8, 4) is 0 Å². The zero-order valence-corrected chi connectivity index (χ0v) is 17.1. The molecule has 2 aromatic rings. The second-order valence-corrected chi connectivity index (χ2v) is 7.96. The molecule has 9 heteroatoms. The van der Waals surface area contributed by atoms with Crippen LogP contribution in [0, 0.1) is 10.1 Å². The molecule has 164 valence electrons. The fraction of sp³-hybridized carbons (Fsp3) is 0.455. The summed E-state index contributed by atoms with van der Waals surface area (Å²) in [7, 11) is 0. The second-order valence-electron chi connectivity index (χ2n) is 7.96. The Morgan fingerprint density at radius 1 is 1.16 bits per heavy atom. The molecule has 2 aliphatic rings. The molecule has 2 fully saturated rings. The first-order valence-electron chi connectivity index (χ1n) is 10.5. The molecule has 2 amide bonds. The summed E-state index contributed by atoms with van der Waals surface area (Å²) in [5.41, 5.74) is 0.0661. The highest BCUT2D eigenvalue weighted by molar-refractivity contribution is 5.97. The number of non-ortho nitro benzene ring substituents is 1. The number of hydrogen-bond acceptors (Lipinski definition) is 6. The van der Waals surface area contributed by atoms with Gasteiger partial charge < -0.3 is 19.0 Å². The molecule has 31 heavy (non-hydrogen) atoms. The number of rotatable bonds is 9. The van der Waals surface area contributed by atoms with Crippen molar-refractivity contribution in [1.29, 1.82) is 0 Å². The highest BCUT2D eigenvalue weighted by Gasteiger charge is 2.36. The summed E-state index contributed by atoms with van der Waals surface area (Å²) in [6, 6.07) is 9.19. The largest absolute Gasteiger partial charge is 0.467 e. The van der Waals surface area contributed by atoms with E-state index in [1.54, 1.807) is 23.3 Å². The zero-order chi connectivity index (χ0) is 21.8. The van der Waals surface area contributed by atoms with Gasteiger partial charge in [0.1, 0.15) is 12.3 Å². The minimum Gasteiger partial charge on any atom is -0.467 e. The first-order chi connectivity index (χ1) is 15.0. The smallest absolute Gasteiger partial charge is 0.270 e. The Labute approximate surface area is 179 Å². The molecule has 1 saturated carbocycles. The Bertz CT molecular complexity index is 934. The molecule has 1 aromatic carbocycles. The predicted molar refractivity (Wildman–Crippen MR) is 110 cm³/mol. The van der Waals surface area contributed by atoms with E-state index in [0.29, 0.717) is 25.5 Å². The van der Waals surface area contributed by atoms with Gasteiger partial charge >= 0.3 is 0 Å². The van der Waals surface area contributed by atoms with Gasteiger partial charge in [-0.05, 0) is 43.9 Å². The summed E-state index contributed by atoms with van der Waals surface area (Å²) in [4.78, 5) is 40.1. The molecular weight excluding hydrogens is 402 g/mol. The lowest BCUT2D eigenvalue weighted by Crippen LogP contribution is -2.45. The fourth-order valence-electron chi connectivity index (χ4n) is 3.80. The number of carbonyl (C=O) groups is 2. The number of nitrogens with zero attached hydrogens (tertiary/aromatic N) is 3. The van der Waals surface area contributed by atoms with Gasteiger partial charge in [0.25, 0.3) is 11.6 Å². The van der Waals surface area contributed by atoms with Crippen molar-refractivity contribution in [1.82, 2.24) is 9.80 Å². The molecule has 1 aliphatic carbocycles. The van der Waals surface area contributed by atoms with Crippen LogP contribution in [0.15, 0.2) is 47.1 Å². The molecule has 0 spiro atoms. The van der Waals surface area contributed by atoms with Gasteiger partial charge in [0.15, 0.2) is 0 Å². The van der Waals surface area contributed by atoms with Crippen molar-refractivity contribution >= 4 is 17.5 Å². The topological polar surface area (TPSA) is 106 Å². The minimum absolute atomic E-state index is 0.0242. The van der Waals surface area contributed by atoms with Gasteiger partial charge in [0, 0.05) is 36.9 Å². The summed E-state index contributed by atoms with van der Waals surface area (Å²) in [5, 5.41) is 11.1. The van der Waals surface area contributed by atoms with Crippen LogP contribution in [0.25, 0.3) is 0 Å². The molecule has 1 aliphatic heterocycles. The maximum absolute atomic E-state index is 13.2. The molecule has 1 unspecified atom stereocenters. The zero-order valence-electron chi connectivity index (χ0n) is 17.1. The maximum Gasteiger partial charge on any atom is 0.270 e. The van der Waals surface area contributed by atoms with Crippen LogP contribution in [-0.2, 0) is 16.1 Å². The van der Waals surface area contributed by atoms with E-state index in [4.69, 9.17) is 9.15 Å². The van der Waals surface area contributed by atoms with E-state index in [9.17, 15) is 19.7 Å². The number of nitro benzene ring substituents is 1. The van der Waals surface area contributed by atoms with Gasteiger partial charge in [-0.3, -0.25) is 19.7 Å². The average molecular weight is 427 g/mol. The number of benzene rings is 1. The molecule has 1 saturated heterocycles. The van der Waals surface area contributed by atoms with Crippen LogP contribution < -0.4 is 0 Å². The molecule has 0 N–H and O–H groups in total. The van der Waals surface area contributed by atoms with Crippen molar-refractivity contribution in [2.45, 2.75) is 44.4 Å². The van der Waals surface area contributed by atoms with Crippen molar-refractivity contribution in [3.05, 3.63) is 64.1 Å². The third-order valence-corrected chi connectivity index (χ3v) is 5.59. The van der Waals surface area contributed by atoms with Crippen LogP contribution in [0.4, 0.5) is 5.69 Å². The van der Waals surface area contributed by atoms with Crippen molar-refractivity contribution in [2.24, 2.45) is 0 Å². The molecule has 0 bridgehead atoms. The Hall–Kier alpha value is -3.20. The van der Waals surface area contributed by atoms with Gasteiger partial charge in [0.05, 0.1) is 23.8 Å². The van der Waals surface area contributed by atoms with E-state index in [1.165, 1.54) is 23.1 Å². The van der Waals surface area contributed by atoms with E-state index < -0.39 is 4.92 Å². The Balaban J connectivity index is 1.49. The van der Waals surface area contributed by atoms with Gasteiger partial charge in [-0.15, -0.1) is 0 Å². The summed E-state index contributed by atoms with van der Waals surface area (Å²) >= 11 is 0. The first kappa shape index (κ1) is 21.0. The van der Waals surface area contributed by atoms with Crippen LogP contribution in [0.3, 0.4) is 0 Å². The van der Waals surface area contributed by atoms with E-state index in [2.05, 4.69) is 0 Å². The highest BCUT2D eigenvalue weighted by Crippen LogP contribution is 2.29. The van der Waals surface area contributed by atoms with Crippen molar-refractivity contribution in [2.75, 3.05) is 19.7 Å². The lowest BCUT2D eigenvalue weighted by atomic mass is 10.1. The summed E-state index contributed by atoms with van der Waals surface area (Å²) in [6.45, 7) is 1.34. The van der Waals surface area contributed by atoms with E-state index in [0.717, 1.165) is 25.7 Å². The first-order valence-corrected chi connectivity index (χ1v) is 10.5. The van der Waals surface area contributed by atoms with Crippen LogP contribution in [0.1, 0.15) is 41.8 Å². The summed E-state index contributed by atoms with van der Waals surface area (Å²) in [6.07, 6.45) is 5.02. The number of hydrogen-bond donors (Lipinski definition) is 0. The van der Waals surface area contributed by atoms with Crippen LogP contribution in [-0.4, -0.2) is 58.4 Å². The molecule has 4 rings (SSSR count). The molecule has 2 heterocycles. The number of amides is 2. The van der Waals surface area contributed by atoms with Gasteiger partial charge in [0.2, 0.25) is 5.91 Å². The third kappa shape index (κ3) is 5.29. The molecule has 1 aromatic heterocycles. The normalized spacial score (nSPS) is 18.0. The van der Waals surface area contributed by atoms with Crippen LogP contribution in [0.5, 0.6) is 0 Å². The van der Waals surface area contributed by atoms with Crippen molar-refractivity contribution < 1.29 is 23.7 Å². The molecule has 9 nitrogen and oxygen atoms in total. The fourth-order valence-corrected chi connectivity index (χ4v) is 3.80. The minimum atomic E-state index is -0.532. The van der Waals surface area contributed by atoms with E-state index in [1.807, 2.05) is 6.07 Å². The predicted octanol–water partition coefficient (Wildman–Crippen LogP) is 3.00. The van der Waals surface area contributed by atoms with Crippen LogP contribution >= 0.6 is 0 Å². The summed E-state index contributed by atoms with van der Waals surface area (Å²) < 4.78 is 11.1. The van der Waals surface area contributed by atoms with Gasteiger partial charge in [-0.1, -0.05) is 6.07 Å².